The Hall–Kier alpha value is -1.36. The summed E-state index contributed by atoms with van der Waals surface area (Å²) in [5, 5.41) is 0. The molecule has 1 aromatic rings. The molecule has 1 aliphatic rings. The Kier molecular flexibility index (Phi) is 8.77. The van der Waals surface area contributed by atoms with Crippen molar-refractivity contribution in [3.05, 3.63) is 39.5 Å². The monoisotopic (exact) mass is 466 g/mol. The molecule has 1 heterocycles. The number of cyclic esters (lactones) is 1. The van der Waals surface area contributed by atoms with Crippen LogP contribution < -0.4 is 4.74 Å². The molecular formula is C24H39O5PSi. The number of carbonyl (C=O) groups is 1. The van der Waals surface area contributed by atoms with Crippen molar-refractivity contribution in [2.45, 2.75) is 72.3 Å². The number of fused-ring (bicyclic) bond motifs is 1. The van der Waals surface area contributed by atoms with E-state index in [0.29, 0.717) is 37.1 Å². The van der Waals surface area contributed by atoms with Gasteiger partial charge in [-0.2, -0.15) is 0 Å². The lowest BCUT2D eigenvalue weighted by atomic mass is 9.89. The fourth-order valence-electron chi connectivity index (χ4n) is 3.94. The lowest BCUT2D eigenvalue weighted by Gasteiger charge is -2.22. The van der Waals surface area contributed by atoms with Crippen LogP contribution in [-0.4, -0.2) is 40.6 Å². The quantitative estimate of drug-likeness (QED) is 0.164. The zero-order chi connectivity index (χ0) is 23.4. The van der Waals surface area contributed by atoms with Crippen molar-refractivity contribution in [3.63, 3.8) is 0 Å². The Morgan fingerprint density at radius 1 is 1.23 bits per heavy atom. The summed E-state index contributed by atoms with van der Waals surface area (Å²) in [6, 6.07) is 1.02. The van der Waals surface area contributed by atoms with Crippen molar-refractivity contribution >= 4 is 21.4 Å². The number of hydrogen-bond donors (Lipinski definition) is 0. The summed E-state index contributed by atoms with van der Waals surface area (Å²) in [6.07, 6.45) is 4.88. The maximum atomic E-state index is 12.6. The van der Waals surface area contributed by atoms with Gasteiger partial charge in [-0.25, -0.2) is 4.79 Å². The second-order valence-corrected chi connectivity index (χ2v) is 18.0. The van der Waals surface area contributed by atoms with Crippen molar-refractivity contribution in [1.82, 2.24) is 0 Å². The highest BCUT2D eigenvalue weighted by molar-refractivity contribution is 7.58. The van der Waals surface area contributed by atoms with Gasteiger partial charge in [0.1, 0.15) is 17.9 Å². The van der Waals surface area contributed by atoms with Crippen LogP contribution in [0.25, 0.3) is 0 Å². The minimum Gasteiger partial charge on any atom is -0.493 e. The third-order valence-corrected chi connectivity index (χ3v) is 9.46. The van der Waals surface area contributed by atoms with Crippen molar-refractivity contribution in [2.75, 3.05) is 26.5 Å². The first-order chi connectivity index (χ1) is 14.4. The van der Waals surface area contributed by atoms with Crippen LogP contribution in [0.4, 0.5) is 0 Å². The number of ether oxygens (including phenoxy) is 2. The molecule has 174 valence electrons. The topological polar surface area (TPSA) is 61.8 Å². The van der Waals surface area contributed by atoms with Crippen LogP contribution in [0.2, 0.25) is 25.7 Å². The van der Waals surface area contributed by atoms with Crippen LogP contribution in [0, 0.1) is 6.92 Å². The van der Waals surface area contributed by atoms with Crippen LogP contribution in [0.15, 0.2) is 11.6 Å². The average molecular weight is 467 g/mol. The van der Waals surface area contributed by atoms with Gasteiger partial charge in [0.2, 0.25) is 7.37 Å². The Balaban J connectivity index is 2.52. The van der Waals surface area contributed by atoms with E-state index in [0.717, 1.165) is 41.1 Å². The van der Waals surface area contributed by atoms with E-state index in [2.05, 4.69) is 46.5 Å². The van der Waals surface area contributed by atoms with E-state index in [4.69, 9.17) is 14.0 Å². The molecular weight excluding hydrogens is 427 g/mol. The molecule has 0 aliphatic carbocycles. The molecule has 5 nitrogen and oxygen atoms in total. The van der Waals surface area contributed by atoms with Crippen molar-refractivity contribution in [2.24, 2.45) is 0 Å². The maximum absolute atomic E-state index is 12.6. The largest absolute Gasteiger partial charge is 0.493 e. The molecule has 0 saturated carbocycles. The molecule has 31 heavy (non-hydrogen) atoms. The minimum atomic E-state index is -2.64. The van der Waals surface area contributed by atoms with Gasteiger partial charge in [0, 0.05) is 39.1 Å². The average Bonchev–Trinajstić information content (AvgIpc) is 3.08. The summed E-state index contributed by atoms with van der Waals surface area (Å²) < 4.78 is 29.4. The standard InChI is InChI=1S/C24H39O5PSi/c1-9-18(16-30(5,26)27-4)11-12-20-19(10-2)17(3)21-15-29-24(25)22(21)23(20)28-13-14-31(6,7)8/h11H,9-10,12-16H2,1-8H3/b18-11+. The fraction of sp³-hybridized carbons (Fsp3) is 0.625. The number of esters is 1. The van der Waals surface area contributed by atoms with Crippen molar-refractivity contribution < 1.29 is 23.4 Å². The van der Waals surface area contributed by atoms with Gasteiger partial charge in [-0.15, -0.1) is 0 Å². The Bertz CT molecular complexity index is 898. The first-order valence-electron chi connectivity index (χ1n) is 11.2. The number of carbonyl (C=O) groups excluding carboxylic acids is 1. The molecule has 1 atom stereocenters. The van der Waals surface area contributed by atoms with Gasteiger partial charge in [0.15, 0.2) is 0 Å². The molecule has 0 spiro atoms. The summed E-state index contributed by atoms with van der Waals surface area (Å²) >= 11 is 0. The number of allylic oxidation sites excluding steroid dienone is 2. The smallest absolute Gasteiger partial charge is 0.342 e. The molecule has 1 aromatic carbocycles. The Labute approximate surface area is 189 Å². The number of rotatable bonds is 11. The highest BCUT2D eigenvalue weighted by Crippen LogP contribution is 2.44. The van der Waals surface area contributed by atoms with Crippen LogP contribution in [0.3, 0.4) is 0 Å². The molecule has 0 radical (unpaired) electrons. The molecule has 0 saturated heterocycles. The molecule has 1 unspecified atom stereocenters. The van der Waals surface area contributed by atoms with E-state index in [9.17, 15) is 9.36 Å². The number of hydrogen-bond acceptors (Lipinski definition) is 5. The number of benzene rings is 1. The van der Waals surface area contributed by atoms with Crippen molar-refractivity contribution in [1.29, 1.82) is 0 Å². The zero-order valence-corrected chi connectivity index (χ0v) is 22.4. The maximum Gasteiger partial charge on any atom is 0.342 e. The summed E-state index contributed by atoms with van der Waals surface area (Å²) in [7, 11) is -2.41. The summed E-state index contributed by atoms with van der Waals surface area (Å²) in [4.78, 5) is 12.6. The van der Waals surface area contributed by atoms with Gasteiger partial charge in [-0.1, -0.05) is 45.1 Å². The normalized spacial score (nSPS) is 16.1. The van der Waals surface area contributed by atoms with Crippen LogP contribution in [0.5, 0.6) is 5.75 Å². The molecule has 1 aliphatic heterocycles. The van der Waals surface area contributed by atoms with E-state index in [1.165, 1.54) is 12.7 Å². The SMILES string of the molecule is CC/C(=C\Cc1c(CC)c(C)c2c(c1OCC[Si](C)(C)C)C(=O)OC2)CP(C)(=O)OC. The predicted molar refractivity (Wildman–Crippen MR) is 131 cm³/mol. The molecule has 0 fully saturated rings. The highest BCUT2D eigenvalue weighted by Gasteiger charge is 2.32. The van der Waals surface area contributed by atoms with Gasteiger partial charge < -0.3 is 14.0 Å². The van der Waals surface area contributed by atoms with Crippen LogP contribution in [-0.2, 0) is 33.3 Å². The molecule has 0 N–H and O–H groups in total. The highest BCUT2D eigenvalue weighted by atomic mass is 31.2. The molecule has 0 bridgehead atoms. The molecule has 0 amide bonds. The first kappa shape index (κ1) is 25.9. The molecule has 0 aromatic heterocycles. The van der Waals surface area contributed by atoms with Crippen LogP contribution >= 0.6 is 7.37 Å². The summed E-state index contributed by atoms with van der Waals surface area (Å²) in [5.74, 6) is 0.401. The predicted octanol–water partition coefficient (Wildman–Crippen LogP) is 6.38. The zero-order valence-electron chi connectivity index (χ0n) is 20.5. The lowest BCUT2D eigenvalue weighted by molar-refractivity contribution is 0.0532. The Morgan fingerprint density at radius 3 is 2.45 bits per heavy atom. The third kappa shape index (κ3) is 6.56. The van der Waals surface area contributed by atoms with E-state index < -0.39 is 15.4 Å². The van der Waals surface area contributed by atoms with Crippen LogP contribution in [0.1, 0.15) is 52.9 Å². The fourth-order valence-corrected chi connectivity index (χ4v) is 5.87. The van der Waals surface area contributed by atoms with Gasteiger partial charge >= 0.3 is 5.97 Å². The van der Waals surface area contributed by atoms with E-state index >= 15 is 0 Å². The second-order valence-electron chi connectivity index (χ2n) is 9.63. The Morgan fingerprint density at radius 2 is 1.90 bits per heavy atom. The van der Waals surface area contributed by atoms with Crippen molar-refractivity contribution in [3.8, 4) is 5.75 Å². The van der Waals surface area contributed by atoms with E-state index in [-0.39, 0.29) is 5.97 Å². The third-order valence-electron chi connectivity index (χ3n) is 6.00. The van der Waals surface area contributed by atoms with E-state index in [1.54, 1.807) is 6.66 Å². The van der Waals surface area contributed by atoms with Gasteiger partial charge in [-0.05, 0) is 43.4 Å². The molecule has 7 heteroatoms. The van der Waals surface area contributed by atoms with Gasteiger partial charge in [-0.3, -0.25) is 4.57 Å². The van der Waals surface area contributed by atoms with E-state index in [1.807, 2.05) is 0 Å². The van der Waals surface area contributed by atoms with Gasteiger partial charge in [0.05, 0.1) is 6.61 Å². The molecule has 2 rings (SSSR count). The first-order valence-corrected chi connectivity index (χ1v) is 17.2. The minimum absolute atomic E-state index is 0.290. The summed E-state index contributed by atoms with van der Waals surface area (Å²) in [6.45, 7) is 15.8. The van der Waals surface area contributed by atoms with Gasteiger partial charge in [0.25, 0.3) is 0 Å². The lowest BCUT2D eigenvalue weighted by Crippen LogP contribution is -2.23. The second kappa shape index (κ2) is 10.5. The summed E-state index contributed by atoms with van der Waals surface area (Å²) in [5.41, 5.74) is 6.07.